The molecule has 1 fully saturated rings. The van der Waals surface area contributed by atoms with Crippen LogP contribution in [0.5, 0.6) is 0 Å². The highest BCUT2D eigenvalue weighted by molar-refractivity contribution is 5.89. The van der Waals surface area contributed by atoms with E-state index in [0.717, 1.165) is 37.1 Å². The molecule has 0 atom stereocenters. The molecule has 0 saturated carbocycles. The topological polar surface area (TPSA) is 49.3 Å². The van der Waals surface area contributed by atoms with Crippen molar-refractivity contribution < 1.29 is 9.90 Å². The van der Waals surface area contributed by atoms with Gasteiger partial charge in [0.25, 0.3) is 0 Å². The lowest BCUT2D eigenvalue weighted by molar-refractivity contribution is 0.0696. The van der Waals surface area contributed by atoms with E-state index in [1.807, 2.05) is 19.1 Å². The number of carboxylic acid groups (broad SMARTS) is 1. The number of aryl methyl sites for hydroxylation is 1. The van der Waals surface area contributed by atoms with E-state index in [1.54, 1.807) is 6.07 Å². The average molecular weight is 231 g/mol. The van der Waals surface area contributed by atoms with Gasteiger partial charge in [-0.25, -0.2) is 4.79 Å². The van der Waals surface area contributed by atoms with Crippen LogP contribution in [0.3, 0.4) is 0 Å². The molecule has 2 rings (SSSR count). The number of carboxylic acids is 1. The first-order valence-electron chi connectivity index (χ1n) is 5.91. The average Bonchev–Trinajstić information content (AvgIpc) is 2.30. The zero-order chi connectivity index (χ0) is 12.3. The molecule has 1 aliphatic rings. The Morgan fingerprint density at radius 2 is 2.06 bits per heavy atom. The summed E-state index contributed by atoms with van der Waals surface area (Å²) < 4.78 is 0. The van der Waals surface area contributed by atoms with Gasteiger partial charge in [-0.1, -0.05) is 23.8 Å². The van der Waals surface area contributed by atoms with Crippen molar-refractivity contribution >= 4 is 12.0 Å². The van der Waals surface area contributed by atoms with Crippen LogP contribution in [0.4, 0.5) is 0 Å². The molecule has 1 heterocycles. The van der Waals surface area contributed by atoms with Crippen LogP contribution in [0.1, 0.15) is 34.3 Å². The van der Waals surface area contributed by atoms with E-state index in [9.17, 15) is 4.79 Å². The van der Waals surface area contributed by atoms with Crippen molar-refractivity contribution in [3.8, 4) is 0 Å². The third-order valence-electron chi connectivity index (χ3n) is 3.10. The summed E-state index contributed by atoms with van der Waals surface area (Å²) in [7, 11) is 0. The SMILES string of the molecule is Cc1cc(C=C2CCNCC2)ccc1C(=O)O. The van der Waals surface area contributed by atoms with E-state index in [4.69, 9.17) is 5.11 Å². The van der Waals surface area contributed by atoms with Gasteiger partial charge in [0.15, 0.2) is 0 Å². The third-order valence-corrected chi connectivity index (χ3v) is 3.10. The molecule has 3 heteroatoms. The normalized spacial score (nSPS) is 15.7. The molecule has 1 aromatic rings. The van der Waals surface area contributed by atoms with E-state index in [2.05, 4.69) is 11.4 Å². The highest BCUT2D eigenvalue weighted by atomic mass is 16.4. The summed E-state index contributed by atoms with van der Waals surface area (Å²) in [5, 5.41) is 12.3. The molecule has 0 radical (unpaired) electrons. The second-order valence-corrected chi connectivity index (χ2v) is 4.43. The minimum atomic E-state index is -0.858. The van der Waals surface area contributed by atoms with Crippen molar-refractivity contribution in [1.29, 1.82) is 0 Å². The fraction of sp³-hybridized carbons (Fsp3) is 0.357. The first-order chi connectivity index (χ1) is 8.16. The minimum absolute atomic E-state index is 0.387. The number of carbonyl (C=O) groups is 1. The highest BCUT2D eigenvalue weighted by Gasteiger charge is 2.08. The van der Waals surface area contributed by atoms with Crippen LogP contribution in [-0.2, 0) is 0 Å². The Bertz CT molecular complexity index is 455. The maximum Gasteiger partial charge on any atom is 0.335 e. The molecule has 0 aromatic heterocycles. The van der Waals surface area contributed by atoms with Gasteiger partial charge in [-0.05, 0) is 50.0 Å². The van der Waals surface area contributed by atoms with Gasteiger partial charge in [-0.3, -0.25) is 0 Å². The number of hydrogen-bond donors (Lipinski definition) is 2. The van der Waals surface area contributed by atoms with Crippen molar-refractivity contribution in [1.82, 2.24) is 5.32 Å². The fourth-order valence-corrected chi connectivity index (χ4v) is 2.14. The van der Waals surface area contributed by atoms with Crippen LogP contribution in [-0.4, -0.2) is 24.2 Å². The predicted molar refractivity (Wildman–Crippen MR) is 68.2 cm³/mol. The second-order valence-electron chi connectivity index (χ2n) is 4.43. The van der Waals surface area contributed by atoms with E-state index >= 15 is 0 Å². The summed E-state index contributed by atoms with van der Waals surface area (Å²) in [4.78, 5) is 10.9. The van der Waals surface area contributed by atoms with Crippen molar-refractivity contribution in [2.75, 3.05) is 13.1 Å². The molecule has 0 spiro atoms. The quantitative estimate of drug-likeness (QED) is 0.822. The molecule has 0 unspecified atom stereocenters. The van der Waals surface area contributed by atoms with E-state index < -0.39 is 5.97 Å². The van der Waals surface area contributed by atoms with Crippen molar-refractivity contribution in [2.45, 2.75) is 19.8 Å². The largest absolute Gasteiger partial charge is 0.478 e. The Labute approximate surface area is 101 Å². The van der Waals surface area contributed by atoms with E-state index in [1.165, 1.54) is 5.57 Å². The molecule has 0 amide bonds. The Kier molecular flexibility index (Phi) is 3.59. The molecule has 90 valence electrons. The molecule has 1 aromatic carbocycles. The summed E-state index contributed by atoms with van der Waals surface area (Å²) in [5.74, 6) is -0.858. The summed E-state index contributed by atoms with van der Waals surface area (Å²) in [6, 6.07) is 5.51. The van der Waals surface area contributed by atoms with Crippen LogP contribution in [0.25, 0.3) is 6.08 Å². The second kappa shape index (κ2) is 5.15. The summed E-state index contributed by atoms with van der Waals surface area (Å²) >= 11 is 0. The Balaban J connectivity index is 2.22. The molecule has 1 aliphatic heterocycles. The number of aromatic carboxylic acids is 1. The monoisotopic (exact) mass is 231 g/mol. The van der Waals surface area contributed by atoms with Gasteiger partial charge in [-0.15, -0.1) is 0 Å². The van der Waals surface area contributed by atoms with Gasteiger partial charge in [0.1, 0.15) is 0 Å². The number of rotatable bonds is 2. The third kappa shape index (κ3) is 2.94. The number of benzene rings is 1. The molecule has 0 aliphatic carbocycles. The number of nitrogens with one attached hydrogen (secondary N) is 1. The minimum Gasteiger partial charge on any atom is -0.478 e. The Morgan fingerprint density at radius 3 is 2.65 bits per heavy atom. The number of hydrogen-bond acceptors (Lipinski definition) is 2. The molecular weight excluding hydrogens is 214 g/mol. The van der Waals surface area contributed by atoms with Crippen molar-refractivity contribution in [3.05, 3.63) is 40.5 Å². The summed E-state index contributed by atoms with van der Waals surface area (Å²) in [6.45, 7) is 3.92. The van der Waals surface area contributed by atoms with Crippen molar-refractivity contribution in [2.24, 2.45) is 0 Å². The summed E-state index contributed by atoms with van der Waals surface area (Å²) in [5.41, 5.74) is 3.74. The number of piperidine rings is 1. The van der Waals surface area contributed by atoms with E-state index in [-0.39, 0.29) is 0 Å². The maximum atomic E-state index is 10.9. The Hall–Kier alpha value is -1.61. The maximum absolute atomic E-state index is 10.9. The standard InChI is InChI=1S/C14H17NO2/c1-10-8-12(2-3-13(10)14(16)17)9-11-4-6-15-7-5-11/h2-3,8-9,15H,4-7H2,1H3,(H,16,17). The lowest BCUT2D eigenvalue weighted by Crippen LogP contribution is -2.22. The van der Waals surface area contributed by atoms with Crippen LogP contribution in [0.15, 0.2) is 23.8 Å². The lowest BCUT2D eigenvalue weighted by atomic mass is 9.99. The van der Waals surface area contributed by atoms with Gasteiger partial charge in [0.2, 0.25) is 0 Å². The van der Waals surface area contributed by atoms with Gasteiger partial charge >= 0.3 is 5.97 Å². The molecule has 17 heavy (non-hydrogen) atoms. The van der Waals surface area contributed by atoms with Gasteiger partial charge in [0, 0.05) is 0 Å². The summed E-state index contributed by atoms with van der Waals surface area (Å²) in [6.07, 6.45) is 4.35. The van der Waals surface area contributed by atoms with E-state index in [0.29, 0.717) is 5.56 Å². The fourth-order valence-electron chi connectivity index (χ4n) is 2.14. The molecule has 3 nitrogen and oxygen atoms in total. The highest BCUT2D eigenvalue weighted by Crippen LogP contribution is 2.18. The lowest BCUT2D eigenvalue weighted by Gasteiger charge is -2.15. The Morgan fingerprint density at radius 1 is 1.35 bits per heavy atom. The first-order valence-corrected chi connectivity index (χ1v) is 5.91. The van der Waals surface area contributed by atoms with Crippen LogP contribution in [0.2, 0.25) is 0 Å². The van der Waals surface area contributed by atoms with Crippen LogP contribution in [0, 0.1) is 6.92 Å². The van der Waals surface area contributed by atoms with Gasteiger partial charge in [0.05, 0.1) is 5.56 Å². The smallest absolute Gasteiger partial charge is 0.335 e. The predicted octanol–water partition coefficient (Wildman–Crippen LogP) is 2.46. The zero-order valence-electron chi connectivity index (χ0n) is 9.99. The van der Waals surface area contributed by atoms with Gasteiger partial charge < -0.3 is 10.4 Å². The molecule has 1 saturated heterocycles. The molecular formula is C14H17NO2. The van der Waals surface area contributed by atoms with Gasteiger partial charge in [-0.2, -0.15) is 0 Å². The van der Waals surface area contributed by atoms with Crippen LogP contribution < -0.4 is 5.32 Å². The van der Waals surface area contributed by atoms with Crippen molar-refractivity contribution in [3.63, 3.8) is 0 Å². The molecule has 2 N–H and O–H groups in total. The van der Waals surface area contributed by atoms with Crippen LogP contribution >= 0.6 is 0 Å². The molecule has 0 bridgehead atoms. The zero-order valence-corrected chi connectivity index (χ0v) is 9.99. The first kappa shape index (κ1) is 11.9.